The lowest BCUT2D eigenvalue weighted by atomic mass is 10.1. The molecule has 1 aromatic carbocycles. The SMILES string of the molecule is C[C@H](N[C@H](C)c1nccn1C)c1ccccc1Br. The van der Waals surface area contributed by atoms with E-state index in [1.54, 1.807) is 0 Å². The number of nitrogens with zero attached hydrogens (tertiary/aromatic N) is 2. The average molecular weight is 308 g/mol. The van der Waals surface area contributed by atoms with Gasteiger partial charge in [0.25, 0.3) is 0 Å². The van der Waals surface area contributed by atoms with Crippen molar-refractivity contribution in [1.29, 1.82) is 0 Å². The summed E-state index contributed by atoms with van der Waals surface area (Å²) in [5.41, 5.74) is 1.26. The molecule has 0 radical (unpaired) electrons. The van der Waals surface area contributed by atoms with Crippen molar-refractivity contribution < 1.29 is 0 Å². The zero-order valence-electron chi connectivity index (χ0n) is 10.9. The Kier molecular flexibility index (Phi) is 4.19. The number of aryl methyl sites for hydroxylation is 1. The third kappa shape index (κ3) is 2.82. The Morgan fingerprint density at radius 1 is 1.22 bits per heavy atom. The van der Waals surface area contributed by atoms with Crippen molar-refractivity contribution in [3.8, 4) is 0 Å². The maximum Gasteiger partial charge on any atom is 0.125 e. The van der Waals surface area contributed by atoms with E-state index in [1.807, 2.05) is 30.1 Å². The van der Waals surface area contributed by atoms with Gasteiger partial charge in [0, 0.05) is 30.0 Å². The van der Waals surface area contributed by atoms with Crippen molar-refractivity contribution in [3.05, 3.63) is 52.5 Å². The van der Waals surface area contributed by atoms with Crippen LogP contribution in [0.3, 0.4) is 0 Å². The molecule has 2 atom stereocenters. The van der Waals surface area contributed by atoms with Crippen molar-refractivity contribution in [1.82, 2.24) is 14.9 Å². The van der Waals surface area contributed by atoms with Gasteiger partial charge in [0.1, 0.15) is 5.82 Å². The number of halogens is 1. The minimum absolute atomic E-state index is 0.215. The molecule has 0 amide bonds. The normalized spacial score (nSPS) is 14.4. The molecule has 1 heterocycles. The molecular weight excluding hydrogens is 290 g/mol. The molecule has 0 saturated heterocycles. The number of imidazole rings is 1. The second-order valence-corrected chi connectivity index (χ2v) is 5.38. The van der Waals surface area contributed by atoms with Gasteiger partial charge in [0.15, 0.2) is 0 Å². The van der Waals surface area contributed by atoms with Gasteiger partial charge in [-0.15, -0.1) is 0 Å². The maximum absolute atomic E-state index is 4.37. The summed E-state index contributed by atoms with van der Waals surface area (Å²) in [6, 6.07) is 8.78. The van der Waals surface area contributed by atoms with Gasteiger partial charge in [-0.3, -0.25) is 0 Å². The number of hydrogen-bond acceptors (Lipinski definition) is 2. The van der Waals surface area contributed by atoms with Crippen LogP contribution >= 0.6 is 15.9 Å². The summed E-state index contributed by atoms with van der Waals surface area (Å²) in [4.78, 5) is 4.37. The highest BCUT2D eigenvalue weighted by atomic mass is 79.9. The molecule has 4 heteroatoms. The van der Waals surface area contributed by atoms with Crippen molar-refractivity contribution in [2.24, 2.45) is 7.05 Å². The van der Waals surface area contributed by atoms with Crippen LogP contribution in [-0.4, -0.2) is 9.55 Å². The number of rotatable bonds is 4. The minimum Gasteiger partial charge on any atom is -0.337 e. The standard InChI is InChI=1S/C14H18BrN3/c1-10(12-6-4-5-7-13(12)15)17-11(2)14-16-8-9-18(14)3/h4-11,17H,1-3H3/t10-,11+/m0/s1. The first-order valence-electron chi connectivity index (χ1n) is 6.07. The van der Waals surface area contributed by atoms with Crippen LogP contribution in [0.5, 0.6) is 0 Å². The fraction of sp³-hybridized carbons (Fsp3) is 0.357. The molecule has 0 saturated carbocycles. The Morgan fingerprint density at radius 2 is 1.94 bits per heavy atom. The first kappa shape index (κ1) is 13.3. The second-order valence-electron chi connectivity index (χ2n) is 4.53. The zero-order valence-corrected chi connectivity index (χ0v) is 12.5. The van der Waals surface area contributed by atoms with Crippen LogP contribution in [0.1, 0.15) is 37.3 Å². The Hall–Kier alpha value is -1.13. The lowest BCUT2D eigenvalue weighted by Crippen LogP contribution is -2.24. The van der Waals surface area contributed by atoms with Crippen LogP contribution in [-0.2, 0) is 7.05 Å². The van der Waals surface area contributed by atoms with Crippen LogP contribution in [0.2, 0.25) is 0 Å². The summed E-state index contributed by atoms with van der Waals surface area (Å²) in [5.74, 6) is 1.05. The first-order valence-corrected chi connectivity index (χ1v) is 6.86. The predicted octanol–water partition coefficient (Wildman–Crippen LogP) is 3.59. The number of hydrogen-bond donors (Lipinski definition) is 1. The highest BCUT2D eigenvalue weighted by Crippen LogP contribution is 2.24. The van der Waals surface area contributed by atoms with E-state index in [4.69, 9.17) is 0 Å². The average Bonchev–Trinajstić information content (AvgIpc) is 2.76. The molecule has 2 rings (SSSR count). The molecule has 18 heavy (non-hydrogen) atoms. The molecule has 0 fully saturated rings. The molecule has 1 N–H and O–H groups in total. The monoisotopic (exact) mass is 307 g/mol. The van der Waals surface area contributed by atoms with Gasteiger partial charge in [0.05, 0.1) is 6.04 Å². The fourth-order valence-electron chi connectivity index (χ4n) is 2.16. The topological polar surface area (TPSA) is 29.9 Å². The summed E-state index contributed by atoms with van der Waals surface area (Å²) in [6.45, 7) is 4.30. The fourth-order valence-corrected chi connectivity index (χ4v) is 2.79. The van der Waals surface area contributed by atoms with E-state index in [0.717, 1.165) is 10.3 Å². The van der Waals surface area contributed by atoms with Gasteiger partial charge in [0.2, 0.25) is 0 Å². The highest BCUT2D eigenvalue weighted by Gasteiger charge is 2.15. The quantitative estimate of drug-likeness (QED) is 0.935. The molecule has 0 bridgehead atoms. The van der Waals surface area contributed by atoms with E-state index >= 15 is 0 Å². The lowest BCUT2D eigenvalue weighted by molar-refractivity contribution is 0.466. The summed E-state index contributed by atoms with van der Waals surface area (Å²) in [7, 11) is 2.02. The van der Waals surface area contributed by atoms with Crippen LogP contribution in [0, 0.1) is 0 Å². The van der Waals surface area contributed by atoms with Crippen LogP contribution < -0.4 is 5.32 Å². The van der Waals surface area contributed by atoms with E-state index < -0.39 is 0 Å². The second kappa shape index (κ2) is 5.67. The molecule has 96 valence electrons. The molecular formula is C14H18BrN3. The Balaban J connectivity index is 2.11. The Bertz CT molecular complexity index is 521. The van der Waals surface area contributed by atoms with Gasteiger partial charge < -0.3 is 9.88 Å². The third-order valence-electron chi connectivity index (χ3n) is 3.12. The molecule has 2 aromatic rings. The molecule has 0 aliphatic carbocycles. The van der Waals surface area contributed by atoms with E-state index in [9.17, 15) is 0 Å². The van der Waals surface area contributed by atoms with Crippen LogP contribution in [0.4, 0.5) is 0 Å². The largest absolute Gasteiger partial charge is 0.337 e. The van der Waals surface area contributed by atoms with Crippen molar-refractivity contribution in [2.45, 2.75) is 25.9 Å². The maximum atomic E-state index is 4.37. The van der Waals surface area contributed by atoms with E-state index in [-0.39, 0.29) is 12.1 Å². The smallest absolute Gasteiger partial charge is 0.125 e. The van der Waals surface area contributed by atoms with Crippen LogP contribution in [0.15, 0.2) is 41.1 Å². The van der Waals surface area contributed by atoms with E-state index in [1.165, 1.54) is 5.56 Å². The van der Waals surface area contributed by atoms with Crippen molar-refractivity contribution in [3.63, 3.8) is 0 Å². The van der Waals surface area contributed by atoms with Crippen LogP contribution in [0.25, 0.3) is 0 Å². The van der Waals surface area contributed by atoms with E-state index in [2.05, 4.69) is 58.3 Å². The Labute approximate surface area is 116 Å². The summed E-state index contributed by atoms with van der Waals surface area (Å²) < 4.78 is 3.18. The molecule has 0 aliphatic heterocycles. The first-order chi connectivity index (χ1) is 8.59. The minimum atomic E-state index is 0.215. The zero-order chi connectivity index (χ0) is 13.1. The molecule has 0 unspecified atom stereocenters. The van der Waals surface area contributed by atoms with Gasteiger partial charge in [-0.2, -0.15) is 0 Å². The van der Waals surface area contributed by atoms with Crippen molar-refractivity contribution in [2.75, 3.05) is 0 Å². The molecule has 3 nitrogen and oxygen atoms in total. The molecule has 0 spiro atoms. The summed E-state index contributed by atoms with van der Waals surface area (Å²) in [5, 5.41) is 3.57. The number of nitrogens with one attached hydrogen (secondary N) is 1. The van der Waals surface area contributed by atoms with Gasteiger partial charge in [-0.1, -0.05) is 34.1 Å². The number of aromatic nitrogens is 2. The lowest BCUT2D eigenvalue weighted by Gasteiger charge is -2.21. The highest BCUT2D eigenvalue weighted by molar-refractivity contribution is 9.10. The predicted molar refractivity (Wildman–Crippen MR) is 77.3 cm³/mol. The molecule has 0 aliphatic rings. The van der Waals surface area contributed by atoms with Crippen molar-refractivity contribution >= 4 is 15.9 Å². The van der Waals surface area contributed by atoms with Gasteiger partial charge in [-0.25, -0.2) is 4.98 Å². The van der Waals surface area contributed by atoms with E-state index in [0.29, 0.717) is 0 Å². The third-order valence-corrected chi connectivity index (χ3v) is 3.84. The van der Waals surface area contributed by atoms with Gasteiger partial charge >= 0.3 is 0 Å². The summed E-state index contributed by atoms with van der Waals surface area (Å²) in [6.07, 6.45) is 3.80. The summed E-state index contributed by atoms with van der Waals surface area (Å²) >= 11 is 3.59. The molecule has 1 aromatic heterocycles. The van der Waals surface area contributed by atoms with Gasteiger partial charge in [-0.05, 0) is 25.5 Å². The Morgan fingerprint density at radius 3 is 2.56 bits per heavy atom. The number of benzene rings is 1.